The molecule has 0 saturated carbocycles. The van der Waals surface area contributed by atoms with E-state index in [1.807, 2.05) is 12.1 Å². The number of hydrogen-bond acceptors (Lipinski definition) is 4. The highest BCUT2D eigenvalue weighted by molar-refractivity contribution is 14.0. The van der Waals surface area contributed by atoms with Crippen LogP contribution in [0.5, 0.6) is 11.5 Å². The molecule has 0 aromatic heterocycles. The lowest BCUT2D eigenvalue weighted by molar-refractivity contribution is 0.130. The maximum absolute atomic E-state index is 5.56. The zero-order valence-corrected chi connectivity index (χ0v) is 18.2. The molecular formula is C19H32IN3O3. The van der Waals surface area contributed by atoms with Crippen molar-refractivity contribution in [3.63, 3.8) is 0 Å². The first kappa shape index (κ1) is 22.8. The Morgan fingerprint density at radius 2 is 1.92 bits per heavy atom. The van der Waals surface area contributed by atoms with E-state index in [9.17, 15) is 0 Å². The number of aliphatic imine (C=N–C) groups is 1. The number of fused-ring (bicyclic) bond motifs is 1. The first-order chi connectivity index (χ1) is 12.3. The molecule has 7 heteroatoms. The van der Waals surface area contributed by atoms with Crippen molar-refractivity contribution in [1.29, 1.82) is 0 Å². The number of benzene rings is 1. The fraction of sp³-hybridized carbons (Fsp3) is 0.632. The Kier molecular flexibility index (Phi) is 12.2. The largest absolute Gasteiger partial charge is 0.454 e. The average molecular weight is 477 g/mol. The zero-order valence-electron chi connectivity index (χ0n) is 15.9. The summed E-state index contributed by atoms with van der Waals surface area (Å²) in [7, 11) is 0. The van der Waals surface area contributed by atoms with Crippen LogP contribution in [0.15, 0.2) is 23.2 Å². The third-order valence-electron chi connectivity index (χ3n) is 3.85. The molecule has 0 spiro atoms. The molecule has 0 atom stereocenters. The topological polar surface area (TPSA) is 64.1 Å². The van der Waals surface area contributed by atoms with E-state index in [0.717, 1.165) is 69.6 Å². The summed E-state index contributed by atoms with van der Waals surface area (Å²) in [5.41, 5.74) is 1.22. The third kappa shape index (κ3) is 8.44. The quantitative estimate of drug-likeness (QED) is 0.222. The number of rotatable bonds is 11. The van der Waals surface area contributed by atoms with E-state index in [0.29, 0.717) is 6.79 Å². The highest BCUT2D eigenvalue weighted by Crippen LogP contribution is 2.32. The Labute approximate surface area is 174 Å². The lowest BCUT2D eigenvalue weighted by Crippen LogP contribution is -2.38. The maximum atomic E-state index is 5.56. The van der Waals surface area contributed by atoms with Gasteiger partial charge in [0, 0.05) is 32.8 Å². The number of guanidine groups is 1. The molecule has 148 valence electrons. The smallest absolute Gasteiger partial charge is 0.231 e. The molecule has 0 amide bonds. The number of nitrogens with one attached hydrogen (secondary N) is 2. The van der Waals surface area contributed by atoms with Gasteiger partial charge in [0.2, 0.25) is 6.79 Å². The predicted octanol–water partition coefficient (Wildman–Crippen LogP) is 3.34. The minimum Gasteiger partial charge on any atom is -0.454 e. The van der Waals surface area contributed by atoms with E-state index in [2.05, 4.69) is 35.5 Å². The summed E-state index contributed by atoms with van der Waals surface area (Å²) < 4.78 is 16.3. The molecule has 0 bridgehead atoms. The van der Waals surface area contributed by atoms with Crippen LogP contribution in [-0.4, -0.2) is 45.6 Å². The Bertz CT molecular complexity index is 541. The second-order valence-corrected chi connectivity index (χ2v) is 5.94. The van der Waals surface area contributed by atoms with Gasteiger partial charge in [-0.1, -0.05) is 19.4 Å². The predicted molar refractivity (Wildman–Crippen MR) is 116 cm³/mol. The third-order valence-corrected chi connectivity index (χ3v) is 3.85. The van der Waals surface area contributed by atoms with Crippen molar-refractivity contribution in [2.45, 2.75) is 39.5 Å². The van der Waals surface area contributed by atoms with Crippen LogP contribution < -0.4 is 20.1 Å². The Balaban J connectivity index is 0.00000338. The van der Waals surface area contributed by atoms with Crippen LogP contribution >= 0.6 is 24.0 Å². The summed E-state index contributed by atoms with van der Waals surface area (Å²) in [6, 6.07) is 6.09. The zero-order chi connectivity index (χ0) is 17.7. The monoisotopic (exact) mass is 477 g/mol. The van der Waals surface area contributed by atoms with Crippen LogP contribution in [0, 0.1) is 0 Å². The molecule has 0 aliphatic carbocycles. The second kappa shape index (κ2) is 13.9. The molecule has 0 unspecified atom stereocenters. The lowest BCUT2D eigenvalue weighted by Gasteiger charge is -2.11. The second-order valence-electron chi connectivity index (χ2n) is 5.94. The molecule has 6 nitrogen and oxygen atoms in total. The Hall–Kier alpha value is -1.22. The van der Waals surface area contributed by atoms with Crippen molar-refractivity contribution in [2.75, 3.05) is 39.6 Å². The van der Waals surface area contributed by atoms with Crippen molar-refractivity contribution < 1.29 is 14.2 Å². The number of hydrogen-bond donors (Lipinski definition) is 2. The van der Waals surface area contributed by atoms with Gasteiger partial charge in [-0.2, -0.15) is 0 Å². The molecule has 1 aliphatic heterocycles. The lowest BCUT2D eigenvalue weighted by atomic mass is 10.1. The van der Waals surface area contributed by atoms with Crippen molar-refractivity contribution >= 4 is 29.9 Å². The van der Waals surface area contributed by atoms with Gasteiger partial charge in [-0.3, -0.25) is 4.99 Å². The number of unbranched alkanes of at least 4 members (excludes halogenated alkanes) is 1. The molecule has 0 radical (unpaired) electrons. The van der Waals surface area contributed by atoms with Gasteiger partial charge in [-0.25, -0.2) is 0 Å². The minimum atomic E-state index is 0. The standard InChI is InChI=1S/C19H31N3O3.HI/c1-3-5-12-23-13-6-10-21-19(20-4-2)22-11-9-16-7-8-17-18(14-16)25-15-24-17;/h7-8,14H,3-6,9-13,15H2,1-2H3,(H2,20,21,22);1H. The maximum Gasteiger partial charge on any atom is 0.231 e. The molecule has 0 fully saturated rings. The highest BCUT2D eigenvalue weighted by atomic mass is 127. The van der Waals surface area contributed by atoms with E-state index in [-0.39, 0.29) is 24.0 Å². The van der Waals surface area contributed by atoms with Gasteiger partial charge in [-0.15, -0.1) is 24.0 Å². The van der Waals surface area contributed by atoms with E-state index >= 15 is 0 Å². The highest BCUT2D eigenvalue weighted by Gasteiger charge is 2.12. The van der Waals surface area contributed by atoms with Gasteiger partial charge in [-0.05, 0) is 43.9 Å². The van der Waals surface area contributed by atoms with E-state index in [1.54, 1.807) is 0 Å². The number of nitrogens with zero attached hydrogens (tertiary/aromatic N) is 1. The molecule has 1 aromatic rings. The molecule has 1 aromatic carbocycles. The molecule has 0 saturated heterocycles. The summed E-state index contributed by atoms with van der Waals surface area (Å²) in [6.07, 6.45) is 4.16. The van der Waals surface area contributed by atoms with Gasteiger partial charge in [0.1, 0.15) is 0 Å². The minimum absolute atomic E-state index is 0. The van der Waals surface area contributed by atoms with Gasteiger partial charge in [0.25, 0.3) is 0 Å². The molecule has 26 heavy (non-hydrogen) atoms. The van der Waals surface area contributed by atoms with Gasteiger partial charge >= 0.3 is 0 Å². The van der Waals surface area contributed by atoms with Crippen LogP contribution in [0.2, 0.25) is 0 Å². The van der Waals surface area contributed by atoms with Gasteiger partial charge < -0.3 is 24.8 Å². The van der Waals surface area contributed by atoms with Gasteiger partial charge in [0.05, 0.1) is 0 Å². The summed E-state index contributed by atoms with van der Waals surface area (Å²) in [6.45, 7) is 8.63. The molecule has 2 N–H and O–H groups in total. The van der Waals surface area contributed by atoms with Crippen molar-refractivity contribution in [3.8, 4) is 11.5 Å². The normalized spacial score (nSPS) is 12.6. The van der Waals surface area contributed by atoms with Gasteiger partial charge in [0.15, 0.2) is 17.5 Å². The summed E-state index contributed by atoms with van der Waals surface area (Å²) in [5, 5.41) is 6.65. The van der Waals surface area contributed by atoms with Crippen LogP contribution in [-0.2, 0) is 11.2 Å². The molecule has 1 heterocycles. The molecular weight excluding hydrogens is 445 g/mol. The van der Waals surface area contributed by atoms with Crippen molar-refractivity contribution in [1.82, 2.24) is 10.6 Å². The van der Waals surface area contributed by atoms with E-state index in [4.69, 9.17) is 14.2 Å². The number of halogens is 1. The molecule has 1 aliphatic rings. The van der Waals surface area contributed by atoms with Crippen LogP contribution in [0.1, 0.15) is 38.7 Å². The van der Waals surface area contributed by atoms with Crippen molar-refractivity contribution in [3.05, 3.63) is 23.8 Å². The SMILES string of the molecule is CCCCOCCCN=C(NCC)NCCc1ccc2c(c1)OCO2.I. The first-order valence-corrected chi connectivity index (χ1v) is 9.32. The summed E-state index contributed by atoms with van der Waals surface area (Å²) in [4.78, 5) is 4.59. The summed E-state index contributed by atoms with van der Waals surface area (Å²) in [5.74, 6) is 2.52. The van der Waals surface area contributed by atoms with Crippen LogP contribution in [0.25, 0.3) is 0 Å². The fourth-order valence-corrected chi connectivity index (χ4v) is 2.47. The fourth-order valence-electron chi connectivity index (χ4n) is 2.47. The summed E-state index contributed by atoms with van der Waals surface area (Å²) >= 11 is 0. The van der Waals surface area contributed by atoms with E-state index < -0.39 is 0 Å². The molecule has 2 rings (SSSR count). The Morgan fingerprint density at radius 1 is 1.12 bits per heavy atom. The Morgan fingerprint density at radius 3 is 2.73 bits per heavy atom. The van der Waals surface area contributed by atoms with Crippen LogP contribution in [0.4, 0.5) is 0 Å². The number of ether oxygens (including phenoxy) is 3. The van der Waals surface area contributed by atoms with E-state index in [1.165, 1.54) is 12.0 Å². The van der Waals surface area contributed by atoms with Crippen molar-refractivity contribution in [2.24, 2.45) is 4.99 Å². The van der Waals surface area contributed by atoms with Crippen LogP contribution in [0.3, 0.4) is 0 Å². The first-order valence-electron chi connectivity index (χ1n) is 9.32. The average Bonchev–Trinajstić information content (AvgIpc) is 3.08.